The van der Waals surface area contributed by atoms with Crippen LogP contribution in [0.2, 0.25) is 15.1 Å². The van der Waals surface area contributed by atoms with Crippen molar-refractivity contribution in [3.63, 3.8) is 0 Å². The van der Waals surface area contributed by atoms with Crippen molar-refractivity contribution in [2.24, 2.45) is 4.99 Å². The van der Waals surface area contributed by atoms with Gasteiger partial charge in [-0.05, 0) is 54.1 Å². The van der Waals surface area contributed by atoms with Gasteiger partial charge in [0.1, 0.15) is 6.61 Å². The molecule has 3 aromatic rings. The molecular weight excluding hydrogens is 483 g/mol. The number of benzene rings is 3. The third kappa shape index (κ3) is 6.12. The Balaban J connectivity index is 1.46. The van der Waals surface area contributed by atoms with Crippen LogP contribution in [-0.4, -0.2) is 39.6 Å². The Hall–Kier alpha value is -2.44. The lowest BCUT2D eigenvalue weighted by Crippen LogP contribution is -2.36. The molecule has 1 saturated heterocycles. The fraction of sp³-hybridized carbons (Fsp3) is 0.240. The first kappa shape index (κ1) is 23.7. The molecule has 1 aliphatic heterocycles. The van der Waals surface area contributed by atoms with Crippen LogP contribution in [0.1, 0.15) is 11.1 Å². The van der Waals surface area contributed by atoms with Gasteiger partial charge in [-0.2, -0.15) is 0 Å². The van der Waals surface area contributed by atoms with E-state index in [0.29, 0.717) is 26.6 Å². The van der Waals surface area contributed by atoms with E-state index in [2.05, 4.69) is 22.0 Å². The summed E-state index contributed by atoms with van der Waals surface area (Å²) in [6, 6.07) is 17.0. The van der Waals surface area contributed by atoms with E-state index in [0.717, 1.165) is 43.1 Å². The maximum atomic E-state index is 6.50. The summed E-state index contributed by atoms with van der Waals surface area (Å²) in [5.41, 5.74) is 3.61. The molecule has 0 radical (unpaired) electrons. The van der Waals surface area contributed by atoms with Crippen molar-refractivity contribution in [1.29, 1.82) is 0 Å². The first-order valence-corrected chi connectivity index (χ1v) is 11.6. The lowest BCUT2D eigenvalue weighted by molar-refractivity contribution is 0.122. The normalized spacial score (nSPS) is 14.0. The van der Waals surface area contributed by atoms with Crippen molar-refractivity contribution < 1.29 is 14.2 Å². The van der Waals surface area contributed by atoms with Crippen molar-refractivity contribution in [2.45, 2.75) is 6.61 Å². The van der Waals surface area contributed by atoms with Crippen molar-refractivity contribution >= 4 is 52.4 Å². The van der Waals surface area contributed by atoms with Crippen LogP contribution >= 0.6 is 34.8 Å². The highest BCUT2D eigenvalue weighted by Crippen LogP contribution is 2.37. The lowest BCUT2D eigenvalue weighted by atomic mass is 10.2. The number of hydrogen-bond donors (Lipinski definition) is 0. The molecule has 0 N–H and O–H groups in total. The van der Waals surface area contributed by atoms with Crippen LogP contribution in [-0.2, 0) is 11.3 Å². The van der Waals surface area contributed by atoms with Crippen LogP contribution in [0.25, 0.3) is 0 Å². The average molecular weight is 506 g/mol. The highest BCUT2D eigenvalue weighted by Gasteiger charge is 2.13. The van der Waals surface area contributed by atoms with E-state index in [-0.39, 0.29) is 6.61 Å². The van der Waals surface area contributed by atoms with E-state index < -0.39 is 0 Å². The fourth-order valence-electron chi connectivity index (χ4n) is 3.46. The van der Waals surface area contributed by atoms with Gasteiger partial charge in [-0.15, -0.1) is 0 Å². The molecule has 0 amide bonds. The monoisotopic (exact) mass is 504 g/mol. The predicted molar refractivity (Wildman–Crippen MR) is 136 cm³/mol. The first-order chi connectivity index (χ1) is 16.0. The molecule has 8 heteroatoms. The topological polar surface area (TPSA) is 43.3 Å². The van der Waals surface area contributed by atoms with Crippen molar-refractivity contribution in [3.8, 4) is 11.5 Å². The maximum absolute atomic E-state index is 6.50. The Morgan fingerprint density at radius 2 is 1.73 bits per heavy atom. The summed E-state index contributed by atoms with van der Waals surface area (Å²) in [7, 11) is 1.57. The molecule has 1 fully saturated rings. The second kappa shape index (κ2) is 11.1. The molecule has 33 heavy (non-hydrogen) atoms. The second-order valence-electron chi connectivity index (χ2n) is 7.43. The maximum Gasteiger partial charge on any atom is 0.180 e. The third-order valence-corrected chi connectivity index (χ3v) is 6.10. The zero-order valence-corrected chi connectivity index (χ0v) is 20.3. The van der Waals surface area contributed by atoms with E-state index >= 15 is 0 Å². The summed E-state index contributed by atoms with van der Waals surface area (Å²) < 4.78 is 16.8. The van der Waals surface area contributed by atoms with Gasteiger partial charge >= 0.3 is 0 Å². The molecule has 0 bridgehead atoms. The fourth-order valence-corrected chi connectivity index (χ4v) is 4.20. The van der Waals surface area contributed by atoms with Gasteiger partial charge in [0.25, 0.3) is 0 Å². The quantitative estimate of drug-likeness (QED) is 0.330. The van der Waals surface area contributed by atoms with Gasteiger partial charge in [0, 0.05) is 40.6 Å². The van der Waals surface area contributed by atoms with Crippen LogP contribution in [0.4, 0.5) is 11.4 Å². The van der Waals surface area contributed by atoms with Gasteiger partial charge in [-0.1, -0.05) is 40.9 Å². The largest absolute Gasteiger partial charge is 0.493 e. The van der Waals surface area contributed by atoms with Gasteiger partial charge in [0.15, 0.2) is 11.5 Å². The summed E-state index contributed by atoms with van der Waals surface area (Å²) >= 11 is 18.7. The molecule has 1 heterocycles. The zero-order valence-electron chi connectivity index (χ0n) is 18.1. The van der Waals surface area contributed by atoms with Gasteiger partial charge in [0.05, 0.1) is 31.0 Å². The number of morpholine rings is 1. The average Bonchev–Trinajstić information content (AvgIpc) is 2.83. The minimum atomic E-state index is 0.231. The highest BCUT2D eigenvalue weighted by molar-refractivity contribution is 6.35. The Morgan fingerprint density at radius 3 is 2.42 bits per heavy atom. The van der Waals surface area contributed by atoms with E-state index in [1.807, 2.05) is 24.3 Å². The van der Waals surface area contributed by atoms with Gasteiger partial charge in [-0.3, -0.25) is 4.99 Å². The molecule has 0 atom stereocenters. The van der Waals surface area contributed by atoms with Crippen LogP contribution < -0.4 is 14.4 Å². The number of halogens is 3. The minimum Gasteiger partial charge on any atom is -0.493 e. The lowest BCUT2D eigenvalue weighted by Gasteiger charge is -2.28. The van der Waals surface area contributed by atoms with Crippen LogP contribution in [0.3, 0.4) is 0 Å². The van der Waals surface area contributed by atoms with Gasteiger partial charge in [-0.25, -0.2) is 0 Å². The number of methoxy groups -OCH3 is 1. The van der Waals surface area contributed by atoms with E-state index in [1.165, 1.54) is 5.69 Å². The summed E-state index contributed by atoms with van der Waals surface area (Å²) in [6.45, 7) is 3.55. The molecule has 0 aromatic heterocycles. The molecule has 0 unspecified atom stereocenters. The van der Waals surface area contributed by atoms with Crippen LogP contribution in [0, 0.1) is 0 Å². The SMILES string of the molecule is COc1cc(C=Nc2ccc(N3CCOCC3)cc2)cc(Cl)c1OCc1ccc(Cl)cc1Cl. The van der Waals surface area contributed by atoms with Crippen molar-refractivity contribution in [1.82, 2.24) is 0 Å². The number of nitrogens with zero attached hydrogens (tertiary/aromatic N) is 2. The molecule has 0 saturated carbocycles. The molecular formula is C25H23Cl3N2O3. The number of hydrogen-bond acceptors (Lipinski definition) is 5. The molecule has 3 aromatic carbocycles. The Morgan fingerprint density at radius 1 is 0.970 bits per heavy atom. The first-order valence-electron chi connectivity index (χ1n) is 10.4. The predicted octanol–water partition coefficient (Wildman–Crippen LogP) is 6.82. The second-order valence-corrected chi connectivity index (χ2v) is 8.68. The van der Waals surface area contributed by atoms with E-state index in [4.69, 9.17) is 49.0 Å². The summed E-state index contributed by atoms with van der Waals surface area (Å²) in [4.78, 5) is 6.87. The molecule has 1 aliphatic rings. The summed E-state index contributed by atoms with van der Waals surface area (Å²) in [5, 5.41) is 1.52. The Labute approximate surface area is 208 Å². The zero-order chi connectivity index (χ0) is 23.2. The third-order valence-electron chi connectivity index (χ3n) is 5.23. The Bertz CT molecular complexity index is 1130. The standard InChI is InChI=1S/C25H23Cl3N2O3/c1-31-24-13-17(12-23(28)25(24)33-16-18-2-3-19(26)14-22(18)27)15-29-20-4-6-21(7-5-20)30-8-10-32-11-9-30/h2-7,12-15H,8-11,16H2,1H3. The molecule has 4 rings (SSSR count). The summed E-state index contributed by atoms with van der Waals surface area (Å²) in [5.74, 6) is 0.953. The summed E-state index contributed by atoms with van der Waals surface area (Å²) in [6.07, 6.45) is 1.75. The van der Waals surface area contributed by atoms with Gasteiger partial charge in [0.2, 0.25) is 0 Å². The molecule has 172 valence electrons. The van der Waals surface area contributed by atoms with Gasteiger partial charge < -0.3 is 19.1 Å². The molecule has 0 spiro atoms. The van der Waals surface area contributed by atoms with Crippen molar-refractivity contribution in [2.75, 3.05) is 38.3 Å². The number of aliphatic imine (C=N–C) groups is 1. The molecule has 5 nitrogen and oxygen atoms in total. The smallest absolute Gasteiger partial charge is 0.180 e. The van der Waals surface area contributed by atoms with Crippen LogP contribution in [0.15, 0.2) is 59.6 Å². The molecule has 0 aliphatic carbocycles. The van der Waals surface area contributed by atoms with E-state index in [1.54, 1.807) is 31.5 Å². The van der Waals surface area contributed by atoms with Crippen LogP contribution in [0.5, 0.6) is 11.5 Å². The minimum absolute atomic E-state index is 0.231. The number of rotatable bonds is 7. The Kier molecular flexibility index (Phi) is 7.99. The number of anilines is 1. The van der Waals surface area contributed by atoms with Crippen molar-refractivity contribution in [3.05, 3.63) is 80.8 Å². The van der Waals surface area contributed by atoms with E-state index in [9.17, 15) is 0 Å². The number of ether oxygens (including phenoxy) is 3. The highest BCUT2D eigenvalue weighted by atomic mass is 35.5.